The van der Waals surface area contributed by atoms with Crippen LogP contribution in [0.25, 0.3) is 0 Å². The maximum atomic E-state index is 5.26. The lowest BCUT2D eigenvalue weighted by Crippen LogP contribution is -2.47. The van der Waals surface area contributed by atoms with Gasteiger partial charge < -0.3 is 15.4 Å². The second-order valence-corrected chi connectivity index (χ2v) is 7.92. The lowest BCUT2D eigenvalue weighted by atomic mass is 9.67. The van der Waals surface area contributed by atoms with Crippen molar-refractivity contribution >= 4 is 17.3 Å². The summed E-state index contributed by atoms with van der Waals surface area (Å²) >= 11 is 1.76. The number of nitrogens with one attached hydrogen (secondary N) is 2. The highest BCUT2D eigenvalue weighted by Crippen LogP contribution is 2.43. The Morgan fingerprint density at radius 1 is 1.42 bits per heavy atom. The Balaban J connectivity index is 1.72. The van der Waals surface area contributed by atoms with Gasteiger partial charge in [-0.25, -0.2) is 4.98 Å². The summed E-state index contributed by atoms with van der Waals surface area (Å²) in [7, 11) is 3.61. The van der Waals surface area contributed by atoms with Crippen molar-refractivity contribution < 1.29 is 4.74 Å². The average Bonchev–Trinajstić information content (AvgIpc) is 3.01. The minimum atomic E-state index is 0.398. The number of guanidine groups is 1. The molecule has 0 aromatic carbocycles. The monoisotopic (exact) mass is 352 g/mol. The number of ether oxygens (including phenoxy) is 1. The molecule has 6 heteroatoms. The Morgan fingerprint density at radius 3 is 2.75 bits per heavy atom. The number of rotatable bonds is 9. The lowest BCUT2D eigenvalue weighted by molar-refractivity contribution is 0.0732. The summed E-state index contributed by atoms with van der Waals surface area (Å²) in [6.45, 7) is 7.05. The standard InChI is InChI=1S/C18H32N4OS/c1-14(2)16-22-15(12-24-16)6-10-20-17(19-3)21-13-18(7-5-8-18)9-11-23-4/h12,14H,5-11,13H2,1-4H3,(H2,19,20,21). The fraction of sp³-hybridized carbons (Fsp3) is 0.778. The molecule has 2 rings (SSSR count). The molecule has 2 N–H and O–H groups in total. The summed E-state index contributed by atoms with van der Waals surface area (Å²) < 4.78 is 5.26. The summed E-state index contributed by atoms with van der Waals surface area (Å²) in [6, 6.07) is 0. The fourth-order valence-electron chi connectivity index (χ4n) is 3.01. The summed E-state index contributed by atoms with van der Waals surface area (Å²) in [5.74, 6) is 1.40. The van der Waals surface area contributed by atoms with Crippen LogP contribution in [0.15, 0.2) is 10.4 Å². The minimum absolute atomic E-state index is 0.398. The Morgan fingerprint density at radius 2 is 2.21 bits per heavy atom. The number of aromatic nitrogens is 1. The number of methoxy groups -OCH3 is 1. The van der Waals surface area contributed by atoms with Crippen molar-refractivity contribution in [1.82, 2.24) is 15.6 Å². The van der Waals surface area contributed by atoms with Gasteiger partial charge in [-0.1, -0.05) is 20.3 Å². The molecule has 1 saturated carbocycles. The van der Waals surface area contributed by atoms with Crippen LogP contribution in [0.2, 0.25) is 0 Å². The molecule has 5 nitrogen and oxygen atoms in total. The largest absolute Gasteiger partial charge is 0.385 e. The Kier molecular flexibility index (Phi) is 7.49. The Hall–Kier alpha value is -1.14. The van der Waals surface area contributed by atoms with E-state index in [9.17, 15) is 0 Å². The number of hydrogen-bond donors (Lipinski definition) is 2. The number of nitrogens with zero attached hydrogens (tertiary/aromatic N) is 2. The zero-order chi connectivity index (χ0) is 17.4. The van der Waals surface area contributed by atoms with Gasteiger partial charge in [-0.15, -0.1) is 11.3 Å². The second-order valence-electron chi connectivity index (χ2n) is 7.03. The summed E-state index contributed by atoms with van der Waals surface area (Å²) in [6.07, 6.45) is 5.97. The van der Waals surface area contributed by atoms with Crippen LogP contribution in [0.4, 0.5) is 0 Å². The van der Waals surface area contributed by atoms with Crippen molar-refractivity contribution in [2.24, 2.45) is 10.4 Å². The normalized spacial score (nSPS) is 17.0. The molecule has 1 aromatic rings. The first-order valence-electron chi connectivity index (χ1n) is 8.96. The van der Waals surface area contributed by atoms with Crippen molar-refractivity contribution in [3.8, 4) is 0 Å². The van der Waals surface area contributed by atoms with E-state index in [1.54, 1.807) is 18.4 Å². The number of hydrogen-bond acceptors (Lipinski definition) is 4. The molecule has 1 aromatic heterocycles. The van der Waals surface area contributed by atoms with E-state index in [1.807, 2.05) is 7.05 Å². The number of aliphatic imine (C=N–C) groups is 1. The zero-order valence-electron chi connectivity index (χ0n) is 15.5. The SMILES string of the molecule is CN=C(NCCc1csc(C(C)C)n1)NCC1(CCOC)CCC1. The maximum Gasteiger partial charge on any atom is 0.191 e. The molecule has 0 aliphatic heterocycles. The van der Waals surface area contributed by atoms with Gasteiger partial charge in [0.2, 0.25) is 0 Å². The molecule has 136 valence electrons. The molecule has 0 saturated heterocycles. The van der Waals surface area contributed by atoms with E-state index in [0.717, 1.165) is 38.5 Å². The molecule has 0 spiro atoms. The van der Waals surface area contributed by atoms with E-state index in [4.69, 9.17) is 4.74 Å². The van der Waals surface area contributed by atoms with Crippen LogP contribution in [0.3, 0.4) is 0 Å². The van der Waals surface area contributed by atoms with Crippen LogP contribution in [0, 0.1) is 5.41 Å². The molecule has 0 amide bonds. The molecule has 0 radical (unpaired) electrons. The van der Waals surface area contributed by atoms with E-state index in [2.05, 4.69) is 39.8 Å². The third-order valence-electron chi connectivity index (χ3n) is 4.84. The molecule has 0 unspecified atom stereocenters. The van der Waals surface area contributed by atoms with E-state index < -0.39 is 0 Å². The average molecular weight is 353 g/mol. The van der Waals surface area contributed by atoms with Crippen LogP contribution >= 0.6 is 11.3 Å². The van der Waals surface area contributed by atoms with Crippen LogP contribution in [0.5, 0.6) is 0 Å². The summed E-state index contributed by atoms with van der Waals surface area (Å²) in [5.41, 5.74) is 1.57. The Bertz CT molecular complexity index is 523. The van der Waals surface area contributed by atoms with Gasteiger partial charge in [0.05, 0.1) is 10.7 Å². The van der Waals surface area contributed by atoms with Crippen molar-refractivity contribution in [3.63, 3.8) is 0 Å². The molecule has 1 fully saturated rings. The highest BCUT2D eigenvalue weighted by Gasteiger charge is 2.36. The first kappa shape index (κ1) is 19.2. The Labute approximate surface area is 150 Å². The molecule has 0 bridgehead atoms. The van der Waals surface area contributed by atoms with E-state index in [1.165, 1.54) is 30.0 Å². The number of thiazole rings is 1. The van der Waals surface area contributed by atoms with Crippen LogP contribution < -0.4 is 10.6 Å². The predicted octanol–water partition coefficient (Wildman–Crippen LogP) is 3.18. The van der Waals surface area contributed by atoms with Gasteiger partial charge >= 0.3 is 0 Å². The maximum absolute atomic E-state index is 5.26. The van der Waals surface area contributed by atoms with Gasteiger partial charge in [-0.3, -0.25) is 4.99 Å². The first-order valence-corrected chi connectivity index (χ1v) is 9.84. The quantitative estimate of drug-likeness (QED) is 0.529. The predicted molar refractivity (Wildman–Crippen MR) is 102 cm³/mol. The second kappa shape index (κ2) is 9.37. The van der Waals surface area contributed by atoms with Gasteiger partial charge in [0, 0.05) is 51.6 Å². The summed E-state index contributed by atoms with van der Waals surface area (Å²) in [5, 5.41) is 10.3. The van der Waals surface area contributed by atoms with Gasteiger partial charge in [-0.05, 0) is 24.7 Å². The molecule has 1 aliphatic rings. The zero-order valence-corrected chi connectivity index (χ0v) is 16.3. The molecule has 1 aliphatic carbocycles. The van der Waals surface area contributed by atoms with Crippen molar-refractivity contribution in [1.29, 1.82) is 0 Å². The summed E-state index contributed by atoms with van der Waals surface area (Å²) in [4.78, 5) is 9.02. The smallest absolute Gasteiger partial charge is 0.191 e. The molecular formula is C18H32N4OS. The van der Waals surface area contributed by atoms with Gasteiger partial charge in [-0.2, -0.15) is 0 Å². The van der Waals surface area contributed by atoms with Crippen LogP contribution in [-0.4, -0.2) is 44.8 Å². The topological polar surface area (TPSA) is 58.5 Å². The third kappa shape index (κ3) is 5.45. The van der Waals surface area contributed by atoms with E-state index >= 15 is 0 Å². The van der Waals surface area contributed by atoms with Crippen LogP contribution in [0.1, 0.15) is 56.2 Å². The highest BCUT2D eigenvalue weighted by molar-refractivity contribution is 7.09. The molecular weight excluding hydrogens is 320 g/mol. The highest BCUT2D eigenvalue weighted by atomic mass is 32.1. The molecule has 24 heavy (non-hydrogen) atoms. The van der Waals surface area contributed by atoms with E-state index in [-0.39, 0.29) is 0 Å². The van der Waals surface area contributed by atoms with Gasteiger partial charge in [0.15, 0.2) is 5.96 Å². The third-order valence-corrected chi connectivity index (χ3v) is 6.04. The van der Waals surface area contributed by atoms with Gasteiger partial charge in [0.25, 0.3) is 0 Å². The first-order chi connectivity index (χ1) is 11.6. The van der Waals surface area contributed by atoms with Crippen molar-refractivity contribution in [3.05, 3.63) is 16.1 Å². The minimum Gasteiger partial charge on any atom is -0.385 e. The lowest BCUT2D eigenvalue weighted by Gasteiger charge is -2.42. The molecule has 1 heterocycles. The van der Waals surface area contributed by atoms with E-state index in [0.29, 0.717) is 11.3 Å². The van der Waals surface area contributed by atoms with Crippen molar-refractivity contribution in [2.45, 2.75) is 51.9 Å². The fourth-order valence-corrected chi connectivity index (χ4v) is 3.88. The van der Waals surface area contributed by atoms with Gasteiger partial charge in [0.1, 0.15) is 0 Å². The van der Waals surface area contributed by atoms with Crippen LogP contribution in [-0.2, 0) is 11.2 Å². The van der Waals surface area contributed by atoms with Crippen molar-refractivity contribution in [2.75, 3.05) is 33.9 Å². The molecule has 0 atom stereocenters.